The molecular formula is C9H7BrF5NO. The summed E-state index contributed by atoms with van der Waals surface area (Å²) in [6, 6.07) is -0.703. The summed E-state index contributed by atoms with van der Waals surface area (Å²) in [5.74, 6) is -0.923. The first kappa shape index (κ1) is 14.2. The molecule has 1 rings (SSSR count). The van der Waals surface area contributed by atoms with Gasteiger partial charge in [-0.1, -0.05) is 0 Å². The van der Waals surface area contributed by atoms with E-state index in [0.717, 1.165) is 6.07 Å². The molecule has 0 aliphatic heterocycles. The maximum atomic E-state index is 12.6. The third-order valence-corrected chi connectivity index (χ3v) is 2.72. The fourth-order valence-corrected chi connectivity index (χ4v) is 1.64. The molecule has 1 aromatic rings. The number of rotatable bonds is 2. The summed E-state index contributed by atoms with van der Waals surface area (Å²) in [4.78, 5) is 0. The molecule has 0 heterocycles. The van der Waals surface area contributed by atoms with Crippen LogP contribution in [0.4, 0.5) is 22.0 Å². The van der Waals surface area contributed by atoms with Gasteiger partial charge in [0.1, 0.15) is 5.75 Å². The Balaban J connectivity index is 3.47. The number of hydrogen-bond acceptors (Lipinski definition) is 2. The van der Waals surface area contributed by atoms with Crippen molar-refractivity contribution in [2.24, 2.45) is 5.73 Å². The molecule has 1 aromatic carbocycles. The van der Waals surface area contributed by atoms with Gasteiger partial charge >= 0.3 is 6.18 Å². The van der Waals surface area contributed by atoms with Gasteiger partial charge in [-0.25, -0.2) is 8.78 Å². The van der Waals surface area contributed by atoms with E-state index in [1.165, 1.54) is 0 Å². The first-order chi connectivity index (χ1) is 7.66. The van der Waals surface area contributed by atoms with E-state index in [2.05, 4.69) is 15.9 Å². The molecule has 0 saturated heterocycles. The van der Waals surface area contributed by atoms with E-state index in [1.54, 1.807) is 0 Å². The Labute approximate surface area is 101 Å². The molecule has 0 aliphatic carbocycles. The lowest BCUT2D eigenvalue weighted by Gasteiger charge is -2.19. The van der Waals surface area contributed by atoms with Crippen LogP contribution in [0.3, 0.4) is 0 Å². The first-order valence-corrected chi connectivity index (χ1v) is 5.07. The summed E-state index contributed by atoms with van der Waals surface area (Å²) in [5.41, 5.74) is 2.59. The summed E-state index contributed by atoms with van der Waals surface area (Å²) in [7, 11) is 0. The van der Waals surface area contributed by atoms with Crippen molar-refractivity contribution in [3.8, 4) is 5.75 Å². The molecule has 0 unspecified atom stereocenters. The molecular weight excluding hydrogens is 313 g/mol. The van der Waals surface area contributed by atoms with Crippen LogP contribution >= 0.6 is 15.9 Å². The molecule has 0 amide bonds. The molecule has 2 nitrogen and oxygen atoms in total. The van der Waals surface area contributed by atoms with Gasteiger partial charge in [0.05, 0.1) is 16.1 Å². The van der Waals surface area contributed by atoms with Crippen LogP contribution in [0, 0.1) is 0 Å². The highest BCUT2D eigenvalue weighted by Crippen LogP contribution is 2.42. The van der Waals surface area contributed by atoms with Crippen LogP contribution in [0.1, 0.15) is 17.2 Å². The Morgan fingerprint density at radius 1 is 1.24 bits per heavy atom. The zero-order valence-electron chi connectivity index (χ0n) is 8.10. The fourth-order valence-electron chi connectivity index (χ4n) is 1.29. The number of benzene rings is 1. The predicted octanol–water partition coefficient (Wildman–Crippen LogP) is 3.44. The molecule has 8 heteroatoms. The summed E-state index contributed by atoms with van der Waals surface area (Å²) in [6.45, 7) is 0. The zero-order valence-corrected chi connectivity index (χ0v) is 9.69. The minimum atomic E-state index is -4.86. The second kappa shape index (κ2) is 4.77. The SMILES string of the molecule is N[C@@H](c1c(C(F)(F)F)ccc(Br)c1O)C(F)F. The van der Waals surface area contributed by atoms with Gasteiger partial charge in [-0.3, -0.25) is 0 Å². The quantitative estimate of drug-likeness (QED) is 0.820. The van der Waals surface area contributed by atoms with Gasteiger partial charge in [-0.05, 0) is 28.1 Å². The Kier molecular flexibility index (Phi) is 3.98. The van der Waals surface area contributed by atoms with E-state index in [4.69, 9.17) is 5.73 Å². The van der Waals surface area contributed by atoms with Crippen molar-refractivity contribution in [1.82, 2.24) is 0 Å². The Morgan fingerprint density at radius 3 is 2.18 bits per heavy atom. The maximum absolute atomic E-state index is 12.6. The van der Waals surface area contributed by atoms with Crippen LogP contribution in [0.15, 0.2) is 16.6 Å². The van der Waals surface area contributed by atoms with Crippen LogP contribution in [-0.4, -0.2) is 11.5 Å². The normalized spacial score (nSPS) is 14.1. The minimum Gasteiger partial charge on any atom is -0.506 e. The van der Waals surface area contributed by atoms with Gasteiger partial charge in [-0.2, -0.15) is 13.2 Å². The van der Waals surface area contributed by atoms with Crippen LogP contribution in [0.2, 0.25) is 0 Å². The van der Waals surface area contributed by atoms with Crippen molar-refractivity contribution in [2.45, 2.75) is 18.6 Å². The topological polar surface area (TPSA) is 46.2 Å². The molecule has 96 valence electrons. The lowest BCUT2D eigenvalue weighted by molar-refractivity contribution is -0.138. The Bertz CT molecular complexity index is 421. The highest BCUT2D eigenvalue weighted by molar-refractivity contribution is 9.10. The highest BCUT2D eigenvalue weighted by atomic mass is 79.9. The number of phenols is 1. The first-order valence-electron chi connectivity index (χ1n) is 4.28. The van der Waals surface area contributed by atoms with Gasteiger partial charge in [0.15, 0.2) is 0 Å². The van der Waals surface area contributed by atoms with Crippen molar-refractivity contribution in [3.63, 3.8) is 0 Å². The van der Waals surface area contributed by atoms with Crippen molar-refractivity contribution >= 4 is 15.9 Å². The number of hydrogen-bond donors (Lipinski definition) is 2. The van der Waals surface area contributed by atoms with Gasteiger partial charge in [-0.15, -0.1) is 0 Å². The van der Waals surface area contributed by atoms with Crippen LogP contribution in [0.25, 0.3) is 0 Å². The summed E-state index contributed by atoms with van der Waals surface area (Å²) in [6.07, 6.45) is -8.07. The molecule has 0 fully saturated rings. The summed E-state index contributed by atoms with van der Waals surface area (Å²) < 4.78 is 62.3. The minimum absolute atomic E-state index is 0.128. The van der Waals surface area contributed by atoms with Crippen molar-refractivity contribution in [3.05, 3.63) is 27.7 Å². The van der Waals surface area contributed by atoms with E-state index < -0.39 is 35.5 Å². The lowest BCUT2D eigenvalue weighted by atomic mass is 9.99. The average Bonchev–Trinajstić information content (AvgIpc) is 2.19. The van der Waals surface area contributed by atoms with Crippen LogP contribution in [0.5, 0.6) is 5.75 Å². The van der Waals surface area contributed by atoms with E-state index in [-0.39, 0.29) is 4.47 Å². The van der Waals surface area contributed by atoms with E-state index in [9.17, 15) is 27.1 Å². The standard InChI is InChI=1S/C9H7BrF5NO/c10-4-2-1-3(9(13,14)15)5(7(4)17)6(16)8(11)12/h1-2,6,8,17H,16H2/t6-/m0/s1. The third kappa shape index (κ3) is 2.86. The second-order valence-electron chi connectivity index (χ2n) is 3.22. The average molecular weight is 320 g/mol. The number of halogens is 6. The Morgan fingerprint density at radius 2 is 1.76 bits per heavy atom. The molecule has 0 bridgehead atoms. The predicted molar refractivity (Wildman–Crippen MR) is 53.7 cm³/mol. The molecule has 0 aromatic heterocycles. The summed E-state index contributed by atoms with van der Waals surface area (Å²) in [5, 5.41) is 9.40. The van der Waals surface area contributed by atoms with Gasteiger partial charge < -0.3 is 10.8 Å². The fraction of sp³-hybridized carbons (Fsp3) is 0.333. The van der Waals surface area contributed by atoms with Crippen molar-refractivity contribution in [1.29, 1.82) is 0 Å². The van der Waals surface area contributed by atoms with Gasteiger partial charge in [0.2, 0.25) is 0 Å². The monoisotopic (exact) mass is 319 g/mol. The van der Waals surface area contributed by atoms with Crippen LogP contribution < -0.4 is 5.73 Å². The largest absolute Gasteiger partial charge is 0.506 e. The summed E-state index contributed by atoms with van der Waals surface area (Å²) >= 11 is 2.75. The molecule has 17 heavy (non-hydrogen) atoms. The maximum Gasteiger partial charge on any atom is 0.416 e. The number of alkyl halides is 5. The lowest BCUT2D eigenvalue weighted by Crippen LogP contribution is -2.23. The molecule has 0 aliphatic rings. The molecule has 0 radical (unpaired) electrons. The smallest absolute Gasteiger partial charge is 0.416 e. The zero-order chi connectivity index (χ0) is 13.4. The third-order valence-electron chi connectivity index (χ3n) is 2.08. The van der Waals surface area contributed by atoms with E-state index in [0.29, 0.717) is 6.07 Å². The molecule has 0 saturated carbocycles. The van der Waals surface area contributed by atoms with Crippen molar-refractivity contribution in [2.75, 3.05) is 0 Å². The number of nitrogens with two attached hydrogens (primary N) is 1. The molecule has 0 spiro atoms. The van der Waals surface area contributed by atoms with Gasteiger partial charge in [0, 0.05) is 5.56 Å². The van der Waals surface area contributed by atoms with Crippen LogP contribution in [-0.2, 0) is 6.18 Å². The second-order valence-corrected chi connectivity index (χ2v) is 4.07. The number of aromatic hydroxyl groups is 1. The highest BCUT2D eigenvalue weighted by Gasteiger charge is 2.38. The molecule has 3 N–H and O–H groups in total. The molecule has 1 atom stereocenters. The van der Waals surface area contributed by atoms with E-state index in [1.807, 2.05) is 0 Å². The Hall–Kier alpha value is -0.890. The van der Waals surface area contributed by atoms with Gasteiger partial charge in [0.25, 0.3) is 6.43 Å². The van der Waals surface area contributed by atoms with Crippen molar-refractivity contribution < 1.29 is 27.1 Å². The van der Waals surface area contributed by atoms with E-state index >= 15 is 0 Å². The number of phenolic OH excluding ortho intramolecular Hbond substituents is 1.